The summed E-state index contributed by atoms with van der Waals surface area (Å²) in [6.45, 7) is 4.79. The van der Waals surface area contributed by atoms with E-state index in [0.717, 1.165) is 50.5 Å². The van der Waals surface area contributed by atoms with Crippen LogP contribution in [-0.2, 0) is 16.1 Å². The Morgan fingerprint density at radius 2 is 1.20 bits per heavy atom. The summed E-state index contributed by atoms with van der Waals surface area (Å²) in [5.41, 5.74) is 0.796. The van der Waals surface area contributed by atoms with Crippen LogP contribution in [0.1, 0.15) is 161 Å². The molecule has 2 rings (SSSR count). The smallest absolute Gasteiger partial charge is 0.407 e. The maximum Gasteiger partial charge on any atom is 0.407 e. The molecule has 0 bridgehead atoms. The molecule has 1 aromatic carbocycles. The normalized spacial score (nSPS) is 20.2. The molecule has 10 heteroatoms. The minimum absolute atomic E-state index is 0.0186. The number of alkyl carbamates (subject to hydrolysis) is 1. The van der Waals surface area contributed by atoms with Gasteiger partial charge in [-0.25, -0.2) is 9.59 Å². The van der Waals surface area contributed by atoms with Gasteiger partial charge in [-0.1, -0.05) is 173 Å². The highest BCUT2D eigenvalue weighted by Crippen LogP contribution is 2.25. The Bertz CT molecular complexity index is 1000. The van der Waals surface area contributed by atoms with E-state index in [1.807, 2.05) is 30.3 Å². The van der Waals surface area contributed by atoms with E-state index >= 15 is 0 Å². The second-order valence-corrected chi connectivity index (χ2v) is 14.5. The number of nitrogens with one attached hydrogen (secondary N) is 2. The minimum atomic E-state index is -1.50. The van der Waals surface area contributed by atoms with E-state index in [0.29, 0.717) is 13.1 Å². The fourth-order valence-electron chi connectivity index (χ4n) is 6.80. The summed E-state index contributed by atoms with van der Waals surface area (Å²) in [6.07, 6.45) is 20.2. The lowest BCUT2D eigenvalue weighted by molar-refractivity contribution is -0.222. The highest BCUT2D eigenvalue weighted by atomic mass is 16.6. The van der Waals surface area contributed by atoms with Gasteiger partial charge in [-0.05, 0) is 18.4 Å². The van der Waals surface area contributed by atoms with Crippen molar-refractivity contribution in [1.29, 1.82) is 0 Å². The van der Waals surface area contributed by atoms with Crippen LogP contribution in [0.25, 0.3) is 0 Å². The van der Waals surface area contributed by atoms with Crippen molar-refractivity contribution >= 4 is 12.1 Å². The Morgan fingerprint density at radius 3 is 1.71 bits per heavy atom. The van der Waals surface area contributed by atoms with Crippen molar-refractivity contribution in [3.05, 3.63) is 35.9 Å². The number of hydrogen-bond donors (Lipinski definition) is 5. The Kier molecular flexibility index (Phi) is 25.5. The summed E-state index contributed by atoms with van der Waals surface area (Å²) in [4.78, 5) is 28.2. The first-order valence-electron chi connectivity index (χ1n) is 20.6. The van der Waals surface area contributed by atoms with Crippen LogP contribution >= 0.6 is 0 Å². The first kappa shape index (κ1) is 44.8. The topological polar surface area (TPSA) is 141 Å². The first-order chi connectivity index (χ1) is 24.9. The monoisotopic (exact) mass is 720 g/mol. The zero-order chi connectivity index (χ0) is 36.9. The van der Waals surface area contributed by atoms with Crippen LogP contribution in [-0.4, -0.2) is 82.6 Å². The van der Waals surface area contributed by atoms with Crippen molar-refractivity contribution in [2.75, 3.05) is 19.7 Å². The molecule has 1 aliphatic rings. The van der Waals surface area contributed by atoms with Crippen LogP contribution in [0.3, 0.4) is 0 Å². The van der Waals surface area contributed by atoms with Gasteiger partial charge >= 0.3 is 12.1 Å². The van der Waals surface area contributed by atoms with Gasteiger partial charge in [0, 0.05) is 13.1 Å². The molecule has 1 heterocycles. The summed E-state index contributed by atoms with van der Waals surface area (Å²) in [6, 6.07) is 7.70. The van der Waals surface area contributed by atoms with E-state index in [1.54, 1.807) is 0 Å². The zero-order valence-corrected chi connectivity index (χ0v) is 32.1. The van der Waals surface area contributed by atoms with Gasteiger partial charge in [-0.15, -0.1) is 0 Å². The second-order valence-electron chi connectivity index (χ2n) is 14.5. The third-order valence-corrected chi connectivity index (χ3v) is 10.0. The molecule has 0 aromatic heterocycles. The fraction of sp³-hybridized carbons (Fsp3) is 0.805. The van der Waals surface area contributed by atoms with Crippen LogP contribution in [0.4, 0.5) is 9.59 Å². The number of aliphatic hydroxyl groups excluding tert-OH is 3. The molecule has 0 spiro atoms. The number of hydrogen-bond acceptors (Lipinski definition) is 7. The SMILES string of the molecule is CCCCCCCCCCCCCCN(C(=O)NCCCCCCCCCCCC)[C@@H]1O[C@H](CO)[C@H](O)[C@H](O)[C@H]1NC(=O)OCc1ccccc1. The summed E-state index contributed by atoms with van der Waals surface area (Å²) < 4.78 is 11.5. The number of carbonyl (C=O) groups excluding carboxylic acids is 2. The van der Waals surface area contributed by atoms with Crippen molar-refractivity contribution in [2.24, 2.45) is 0 Å². The molecule has 1 aliphatic heterocycles. The van der Waals surface area contributed by atoms with Crippen molar-refractivity contribution in [2.45, 2.75) is 192 Å². The van der Waals surface area contributed by atoms with E-state index in [-0.39, 0.29) is 12.6 Å². The highest BCUT2D eigenvalue weighted by Gasteiger charge is 2.48. The van der Waals surface area contributed by atoms with Crippen LogP contribution in [0.2, 0.25) is 0 Å². The third kappa shape index (κ3) is 19.3. The molecular formula is C41H73N3O7. The van der Waals surface area contributed by atoms with Gasteiger partial charge in [0.25, 0.3) is 0 Å². The number of nitrogens with zero attached hydrogens (tertiary/aromatic N) is 1. The van der Waals surface area contributed by atoms with E-state index in [1.165, 1.54) is 101 Å². The van der Waals surface area contributed by atoms with Crippen LogP contribution < -0.4 is 10.6 Å². The molecule has 1 saturated heterocycles. The lowest BCUT2D eigenvalue weighted by Gasteiger charge is -2.46. The molecule has 0 saturated carbocycles. The molecule has 5 atom stereocenters. The summed E-state index contributed by atoms with van der Waals surface area (Å²) >= 11 is 0. The highest BCUT2D eigenvalue weighted by molar-refractivity contribution is 5.75. The summed E-state index contributed by atoms with van der Waals surface area (Å²) in [5, 5.41) is 37.5. The number of amides is 3. The molecule has 3 amide bonds. The van der Waals surface area contributed by atoms with Gasteiger partial charge in [0.05, 0.1) is 6.61 Å². The first-order valence-corrected chi connectivity index (χ1v) is 20.6. The number of carbonyl (C=O) groups is 2. The maximum absolute atomic E-state index is 13.7. The lowest BCUT2D eigenvalue weighted by atomic mass is 9.95. The van der Waals surface area contributed by atoms with Gasteiger partial charge in [0.2, 0.25) is 0 Å². The number of benzene rings is 1. The molecule has 0 aliphatic carbocycles. The van der Waals surface area contributed by atoms with E-state index in [2.05, 4.69) is 24.5 Å². The third-order valence-electron chi connectivity index (χ3n) is 10.0. The van der Waals surface area contributed by atoms with Gasteiger partial charge in [-0.3, -0.25) is 4.90 Å². The molecule has 10 nitrogen and oxygen atoms in total. The Morgan fingerprint density at radius 1 is 0.706 bits per heavy atom. The van der Waals surface area contributed by atoms with Gasteiger partial charge in [0.15, 0.2) is 6.23 Å². The second kappa shape index (κ2) is 29.1. The van der Waals surface area contributed by atoms with Crippen molar-refractivity contribution < 1.29 is 34.4 Å². The number of unbranched alkanes of at least 4 members (excludes halogenated alkanes) is 20. The molecule has 51 heavy (non-hydrogen) atoms. The van der Waals surface area contributed by atoms with E-state index in [9.17, 15) is 24.9 Å². The predicted octanol–water partition coefficient (Wildman–Crippen LogP) is 8.35. The van der Waals surface area contributed by atoms with Crippen molar-refractivity contribution in [3.63, 3.8) is 0 Å². The zero-order valence-electron chi connectivity index (χ0n) is 32.1. The molecule has 0 radical (unpaired) electrons. The molecule has 5 N–H and O–H groups in total. The predicted molar refractivity (Wildman–Crippen MR) is 204 cm³/mol. The van der Waals surface area contributed by atoms with E-state index in [4.69, 9.17) is 9.47 Å². The van der Waals surface area contributed by atoms with E-state index < -0.39 is 43.3 Å². The maximum atomic E-state index is 13.7. The standard InChI is InChI=1S/C41H73N3O7/c1-3-5-7-9-11-13-15-16-18-20-22-27-31-44(40(48)42-30-26-21-19-17-14-12-10-8-6-4-2)39-36(38(47)37(46)35(32-45)51-39)43-41(49)50-33-34-28-24-23-25-29-34/h23-25,28-29,35-39,45-47H,3-22,26-27,30-33H2,1-2H3,(H,42,48)(H,43,49)/t35-,36-,37+,38-,39-/m1/s1. The molecular weight excluding hydrogens is 646 g/mol. The Balaban J connectivity index is 1.96. The Hall–Kier alpha value is -2.40. The Labute approximate surface area is 309 Å². The van der Waals surface area contributed by atoms with Gasteiger partial charge < -0.3 is 35.4 Å². The summed E-state index contributed by atoms with van der Waals surface area (Å²) in [7, 11) is 0. The molecule has 294 valence electrons. The number of rotatable bonds is 29. The lowest BCUT2D eigenvalue weighted by Crippen LogP contribution is -2.69. The van der Waals surface area contributed by atoms with Crippen LogP contribution in [0.15, 0.2) is 30.3 Å². The molecule has 0 unspecified atom stereocenters. The number of urea groups is 1. The van der Waals surface area contributed by atoms with Crippen molar-refractivity contribution in [3.8, 4) is 0 Å². The molecule has 1 aromatic rings. The summed E-state index contributed by atoms with van der Waals surface area (Å²) in [5.74, 6) is 0. The van der Waals surface area contributed by atoms with Crippen LogP contribution in [0, 0.1) is 0 Å². The largest absolute Gasteiger partial charge is 0.445 e. The average Bonchev–Trinajstić information content (AvgIpc) is 3.14. The van der Waals surface area contributed by atoms with Gasteiger partial charge in [0.1, 0.15) is 31.0 Å². The number of aliphatic hydroxyl groups is 3. The minimum Gasteiger partial charge on any atom is -0.445 e. The number of ether oxygens (including phenoxy) is 2. The van der Waals surface area contributed by atoms with Gasteiger partial charge in [-0.2, -0.15) is 0 Å². The molecule has 1 fully saturated rings. The van der Waals surface area contributed by atoms with Crippen LogP contribution in [0.5, 0.6) is 0 Å². The van der Waals surface area contributed by atoms with Crippen molar-refractivity contribution in [1.82, 2.24) is 15.5 Å². The average molecular weight is 720 g/mol. The fourth-order valence-corrected chi connectivity index (χ4v) is 6.80. The quantitative estimate of drug-likeness (QED) is 0.0524.